The average molecular weight is 298 g/mol. The smallest absolute Gasteiger partial charge is 0.315 e. The first-order valence-corrected chi connectivity index (χ1v) is 7.44. The number of hydrogen-bond donors (Lipinski definition) is 2. The summed E-state index contributed by atoms with van der Waals surface area (Å²) in [6.45, 7) is 5.00. The highest BCUT2D eigenvalue weighted by Gasteiger charge is 2.02. The second-order valence-electron chi connectivity index (χ2n) is 5.33. The Morgan fingerprint density at radius 1 is 0.909 bits per heavy atom. The first-order chi connectivity index (χ1) is 10.6. The molecule has 2 amide bonds. The van der Waals surface area contributed by atoms with Gasteiger partial charge >= 0.3 is 6.03 Å². The van der Waals surface area contributed by atoms with Gasteiger partial charge < -0.3 is 15.4 Å². The summed E-state index contributed by atoms with van der Waals surface area (Å²) in [5.41, 5.74) is 2.11. The van der Waals surface area contributed by atoms with Crippen LogP contribution in [0.15, 0.2) is 54.6 Å². The Kier molecular flexibility index (Phi) is 5.83. The van der Waals surface area contributed by atoms with Crippen LogP contribution in [0, 0.1) is 0 Å². The summed E-state index contributed by atoms with van der Waals surface area (Å²) in [7, 11) is 0. The van der Waals surface area contributed by atoms with Gasteiger partial charge in [-0.15, -0.1) is 0 Å². The van der Waals surface area contributed by atoms with E-state index in [0.29, 0.717) is 13.1 Å². The van der Waals surface area contributed by atoms with Crippen LogP contribution in [0.25, 0.3) is 0 Å². The fourth-order valence-corrected chi connectivity index (χ4v) is 1.98. The van der Waals surface area contributed by atoms with E-state index < -0.39 is 0 Å². The second kappa shape index (κ2) is 8.08. The van der Waals surface area contributed by atoms with Gasteiger partial charge in [0.2, 0.25) is 0 Å². The maximum atomic E-state index is 11.8. The van der Waals surface area contributed by atoms with E-state index in [4.69, 9.17) is 4.74 Å². The molecule has 0 aliphatic rings. The minimum atomic E-state index is -0.175. The van der Waals surface area contributed by atoms with Crippen LogP contribution < -0.4 is 15.4 Å². The molecular formula is C18H22N2O2. The van der Waals surface area contributed by atoms with Gasteiger partial charge in [0, 0.05) is 13.1 Å². The van der Waals surface area contributed by atoms with E-state index in [1.54, 1.807) is 0 Å². The quantitative estimate of drug-likeness (QED) is 0.858. The van der Waals surface area contributed by atoms with E-state index in [9.17, 15) is 4.79 Å². The van der Waals surface area contributed by atoms with Gasteiger partial charge in [-0.25, -0.2) is 4.79 Å². The molecule has 4 nitrogen and oxygen atoms in total. The van der Waals surface area contributed by atoms with Crippen LogP contribution in [0.2, 0.25) is 0 Å². The molecular weight excluding hydrogens is 276 g/mol. The Labute approximate surface area is 131 Å². The molecule has 0 heterocycles. The Morgan fingerprint density at radius 3 is 2.00 bits per heavy atom. The standard InChI is InChI=1S/C18H22N2O2/c1-14(2)22-17-10-8-16(9-11-17)13-20-18(21)19-12-15-6-4-3-5-7-15/h3-11,14H,12-13H2,1-2H3,(H2,19,20,21). The van der Waals surface area contributed by atoms with Crippen molar-refractivity contribution in [1.82, 2.24) is 10.6 Å². The zero-order chi connectivity index (χ0) is 15.8. The number of hydrogen-bond acceptors (Lipinski definition) is 2. The SMILES string of the molecule is CC(C)Oc1ccc(CNC(=O)NCc2ccccc2)cc1. The molecule has 2 rings (SSSR count). The number of rotatable bonds is 6. The summed E-state index contributed by atoms with van der Waals surface area (Å²) in [6.07, 6.45) is 0.160. The first-order valence-electron chi connectivity index (χ1n) is 7.44. The lowest BCUT2D eigenvalue weighted by molar-refractivity contribution is 0.240. The van der Waals surface area contributed by atoms with E-state index in [-0.39, 0.29) is 12.1 Å². The summed E-state index contributed by atoms with van der Waals surface area (Å²) in [4.78, 5) is 11.8. The van der Waals surface area contributed by atoms with Gasteiger partial charge in [0.25, 0.3) is 0 Å². The molecule has 2 aromatic carbocycles. The number of carbonyl (C=O) groups is 1. The van der Waals surface area contributed by atoms with Crippen LogP contribution in [-0.4, -0.2) is 12.1 Å². The first kappa shape index (κ1) is 15.9. The predicted octanol–water partition coefficient (Wildman–Crippen LogP) is 3.47. The van der Waals surface area contributed by atoms with Gasteiger partial charge in [0.05, 0.1) is 6.10 Å². The molecule has 0 bridgehead atoms. The van der Waals surface area contributed by atoms with Crippen LogP contribution in [0.1, 0.15) is 25.0 Å². The average Bonchev–Trinajstić information content (AvgIpc) is 2.53. The second-order valence-corrected chi connectivity index (χ2v) is 5.33. The van der Waals surface area contributed by atoms with Crippen molar-refractivity contribution in [3.63, 3.8) is 0 Å². The molecule has 0 fully saturated rings. The van der Waals surface area contributed by atoms with Crippen molar-refractivity contribution < 1.29 is 9.53 Å². The Bertz CT molecular complexity index is 580. The van der Waals surface area contributed by atoms with Crippen molar-refractivity contribution in [2.45, 2.75) is 33.0 Å². The largest absolute Gasteiger partial charge is 0.491 e. The maximum absolute atomic E-state index is 11.8. The van der Waals surface area contributed by atoms with Gasteiger partial charge in [0.1, 0.15) is 5.75 Å². The number of amides is 2. The molecule has 0 aliphatic heterocycles. The van der Waals surface area contributed by atoms with Crippen molar-refractivity contribution >= 4 is 6.03 Å². The third-order valence-corrected chi connectivity index (χ3v) is 3.04. The van der Waals surface area contributed by atoms with Crippen molar-refractivity contribution in [3.8, 4) is 5.75 Å². The van der Waals surface area contributed by atoms with E-state index in [1.165, 1.54) is 0 Å². The highest BCUT2D eigenvalue weighted by molar-refractivity contribution is 5.73. The number of carbonyl (C=O) groups excluding carboxylic acids is 1. The molecule has 2 N–H and O–H groups in total. The number of urea groups is 1. The zero-order valence-corrected chi connectivity index (χ0v) is 13.0. The van der Waals surface area contributed by atoms with E-state index in [2.05, 4.69) is 10.6 Å². The van der Waals surface area contributed by atoms with Gasteiger partial charge in [-0.1, -0.05) is 42.5 Å². The third-order valence-electron chi connectivity index (χ3n) is 3.04. The maximum Gasteiger partial charge on any atom is 0.315 e. The molecule has 2 aromatic rings. The van der Waals surface area contributed by atoms with Crippen LogP contribution in [0.3, 0.4) is 0 Å². The molecule has 116 valence electrons. The monoisotopic (exact) mass is 298 g/mol. The topological polar surface area (TPSA) is 50.4 Å². The van der Waals surface area contributed by atoms with Crippen LogP contribution >= 0.6 is 0 Å². The molecule has 0 aromatic heterocycles. The van der Waals surface area contributed by atoms with E-state index in [1.807, 2.05) is 68.4 Å². The number of ether oxygens (including phenoxy) is 1. The minimum absolute atomic E-state index is 0.160. The normalized spacial score (nSPS) is 10.3. The summed E-state index contributed by atoms with van der Waals surface area (Å²) < 4.78 is 5.58. The van der Waals surface area contributed by atoms with Crippen LogP contribution in [0.4, 0.5) is 4.79 Å². The van der Waals surface area contributed by atoms with Gasteiger partial charge in [-0.3, -0.25) is 0 Å². The van der Waals surface area contributed by atoms with Gasteiger partial charge in [-0.05, 0) is 37.1 Å². The fourth-order valence-electron chi connectivity index (χ4n) is 1.98. The summed E-state index contributed by atoms with van der Waals surface area (Å²) >= 11 is 0. The highest BCUT2D eigenvalue weighted by Crippen LogP contribution is 2.13. The molecule has 22 heavy (non-hydrogen) atoms. The fraction of sp³-hybridized carbons (Fsp3) is 0.278. The predicted molar refractivity (Wildman–Crippen MR) is 87.7 cm³/mol. The minimum Gasteiger partial charge on any atom is -0.491 e. The summed E-state index contributed by atoms with van der Waals surface area (Å²) in [5.74, 6) is 0.840. The van der Waals surface area contributed by atoms with Crippen molar-refractivity contribution in [1.29, 1.82) is 0 Å². The van der Waals surface area contributed by atoms with Gasteiger partial charge in [-0.2, -0.15) is 0 Å². The van der Waals surface area contributed by atoms with E-state index >= 15 is 0 Å². The summed E-state index contributed by atoms with van der Waals surface area (Å²) in [6, 6.07) is 17.4. The molecule has 0 aliphatic carbocycles. The molecule has 0 unspecified atom stereocenters. The number of nitrogens with one attached hydrogen (secondary N) is 2. The Balaban J connectivity index is 1.74. The summed E-state index contributed by atoms with van der Waals surface area (Å²) in [5, 5.41) is 5.67. The lowest BCUT2D eigenvalue weighted by atomic mass is 10.2. The Hall–Kier alpha value is -2.49. The molecule has 0 saturated heterocycles. The Morgan fingerprint density at radius 2 is 1.45 bits per heavy atom. The molecule has 4 heteroatoms. The van der Waals surface area contributed by atoms with Crippen molar-refractivity contribution in [2.75, 3.05) is 0 Å². The lowest BCUT2D eigenvalue weighted by Gasteiger charge is -2.11. The highest BCUT2D eigenvalue weighted by atomic mass is 16.5. The molecule has 0 radical (unpaired) electrons. The number of benzene rings is 2. The molecule has 0 saturated carbocycles. The molecule has 0 spiro atoms. The third kappa shape index (κ3) is 5.48. The van der Waals surface area contributed by atoms with Gasteiger partial charge in [0.15, 0.2) is 0 Å². The van der Waals surface area contributed by atoms with E-state index in [0.717, 1.165) is 16.9 Å². The zero-order valence-electron chi connectivity index (χ0n) is 13.0. The molecule has 0 atom stereocenters. The van der Waals surface area contributed by atoms with Crippen molar-refractivity contribution in [3.05, 3.63) is 65.7 Å². The lowest BCUT2D eigenvalue weighted by Crippen LogP contribution is -2.34. The van der Waals surface area contributed by atoms with Crippen LogP contribution in [-0.2, 0) is 13.1 Å². The van der Waals surface area contributed by atoms with Crippen molar-refractivity contribution in [2.24, 2.45) is 0 Å². The van der Waals surface area contributed by atoms with Crippen LogP contribution in [0.5, 0.6) is 5.75 Å².